The third-order valence-electron chi connectivity index (χ3n) is 8.16. The molecule has 1 fully saturated rings. The van der Waals surface area contributed by atoms with E-state index in [-0.39, 0.29) is 0 Å². The van der Waals surface area contributed by atoms with Gasteiger partial charge in [0.15, 0.2) is 5.58 Å². The maximum absolute atomic E-state index is 6.28. The molecule has 0 N–H and O–H groups in total. The molecule has 3 aromatic heterocycles. The fraction of sp³-hybridized carbons (Fsp3) is 0.194. The van der Waals surface area contributed by atoms with Crippen molar-refractivity contribution in [2.45, 2.75) is 38.9 Å². The van der Waals surface area contributed by atoms with Gasteiger partial charge in [0.05, 0.1) is 11.2 Å². The molecular formula is C31H24BNO5. The SMILES string of the molecule is CC1(C)OB(c2ccc3c(c2)oc2cc4oc(-c5cccc6oc7ccccc7c56)nc4cc23)OC1(C)C. The molecule has 4 aromatic carbocycles. The van der Waals surface area contributed by atoms with Crippen LogP contribution in [0, 0.1) is 0 Å². The largest absolute Gasteiger partial charge is 0.494 e. The number of hydrogen-bond acceptors (Lipinski definition) is 6. The van der Waals surface area contributed by atoms with E-state index in [2.05, 4.69) is 39.8 Å². The number of furan rings is 2. The molecule has 0 saturated carbocycles. The van der Waals surface area contributed by atoms with Crippen LogP contribution in [-0.2, 0) is 9.31 Å². The van der Waals surface area contributed by atoms with Gasteiger partial charge >= 0.3 is 7.12 Å². The molecule has 0 atom stereocenters. The quantitative estimate of drug-likeness (QED) is 0.227. The summed E-state index contributed by atoms with van der Waals surface area (Å²) in [5.41, 5.74) is 5.64. The maximum atomic E-state index is 6.28. The van der Waals surface area contributed by atoms with Gasteiger partial charge in [-0.1, -0.05) is 36.4 Å². The normalized spacial score (nSPS) is 17.1. The van der Waals surface area contributed by atoms with Gasteiger partial charge in [-0.3, -0.25) is 0 Å². The van der Waals surface area contributed by atoms with Crippen LogP contribution in [0.25, 0.3) is 66.4 Å². The Labute approximate surface area is 218 Å². The maximum Gasteiger partial charge on any atom is 0.494 e. The molecule has 0 unspecified atom stereocenters. The van der Waals surface area contributed by atoms with Crippen LogP contribution >= 0.6 is 0 Å². The van der Waals surface area contributed by atoms with Crippen LogP contribution in [0.4, 0.5) is 0 Å². The number of hydrogen-bond donors (Lipinski definition) is 0. The molecule has 0 aliphatic carbocycles. The Kier molecular flexibility index (Phi) is 4.21. The monoisotopic (exact) mass is 501 g/mol. The average molecular weight is 501 g/mol. The minimum absolute atomic E-state index is 0.401. The summed E-state index contributed by atoms with van der Waals surface area (Å²) < 4.78 is 31.1. The van der Waals surface area contributed by atoms with Gasteiger partial charge in [-0.2, -0.15) is 0 Å². The third kappa shape index (κ3) is 3.00. The molecule has 0 spiro atoms. The number of aromatic nitrogens is 1. The molecule has 6 nitrogen and oxygen atoms in total. The molecule has 4 heterocycles. The first kappa shape index (κ1) is 22.0. The van der Waals surface area contributed by atoms with Gasteiger partial charge in [0.1, 0.15) is 27.8 Å². The Balaban J connectivity index is 1.24. The predicted molar refractivity (Wildman–Crippen MR) is 150 cm³/mol. The Morgan fingerprint density at radius 2 is 1.34 bits per heavy atom. The zero-order valence-electron chi connectivity index (χ0n) is 21.5. The van der Waals surface area contributed by atoms with Crippen molar-refractivity contribution in [1.82, 2.24) is 4.98 Å². The molecule has 0 radical (unpaired) electrons. The van der Waals surface area contributed by atoms with Crippen molar-refractivity contribution in [1.29, 1.82) is 0 Å². The van der Waals surface area contributed by atoms with Crippen LogP contribution in [-0.4, -0.2) is 23.3 Å². The first-order valence-electron chi connectivity index (χ1n) is 12.8. The summed E-state index contributed by atoms with van der Waals surface area (Å²) in [5, 5.41) is 4.03. The van der Waals surface area contributed by atoms with Gasteiger partial charge < -0.3 is 22.6 Å². The standard InChI is InChI=1S/C31H24BNO5/c1-30(2)31(3,4)38-32(37-30)17-12-13-18-21-15-22-27(16-26(21)35-25(18)14-17)36-29(33-22)20-9-7-11-24-28(20)19-8-5-6-10-23(19)34-24/h5-16H,1-4H3. The molecule has 7 aromatic rings. The molecular weight excluding hydrogens is 477 g/mol. The lowest BCUT2D eigenvalue weighted by Crippen LogP contribution is -2.41. The van der Waals surface area contributed by atoms with E-state index in [1.807, 2.05) is 60.7 Å². The van der Waals surface area contributed by atoms with Gasteiger partial charge in [0, 0.05) is 33.2 Å². The summed E-state index contributed by atoms with van der Waals surface area (Å²) in [6, 6.07) is 24.0. The minimum Gasteiger partial charge on any atom is -0.456 e. The number of benzene rings is 4. The van der Waals surface area contributed by atoms with Crippen molar-refractivity contribution in [3.05, 3.63) is 72.8 Å². The Morgan fingerprint density at radius 1 is 0.605 bits per heavy atom. The first-order valence-corrected chi connectivity index (χ1v) is 12.8. The van der Waals surface area contributed by atoms with Crippen molar-refractivity contribution < 1.29 is 22.6 Å². The molecule has 1 aliphatic rings. The topological polar surface area (TPSA) is 70.8 Å². The molecule has 0 bridgehead atoms. The molecule has 186 valence electrons. The van der Waals surface area contributed by atoms with Crippen LogP contribution in [0.15, 0.2) is 86.0 Å². The van der Waals surface area contributed by atoms with Crippen LogP contribution in [0.2, 0.25) is 0 Å². The lowest BCUT2D eigenvalue weighted by molar-refractivity contribution is 0.00578. The smallest absolute Gasteiger partial charge is 0.456 e. The van der Waals surface area contributed by atoms with Gasteiger partial charge in [0.25, 0.3) is 0 Å². The molecule has 0 amide bonds. The summed E-state index contributed by atoms with van der Waals surface area (Å²) in [4.78, 5) is 4.88. The van der Waals surface area contributed by atoms with E-state index < -0.39 is 18.3 Å². The Hall–Kier alpha value is -4.07. The van der Waals surface area contributed by atoms with E-state index in [4.69, 9.17) is 27.5 Å². The second-order valence-electron chi connectivity index (χ2n) is 11.1. The fourth-order valence-electron chi connectivity index (χ4n) is 5.41. The number of fused-ring (bicyclic) bond motifs is 7. The van der Waals surface area contributed by atoms with Crippen LogP contribution in [0.1, 0.15) is 27.7 Å². The van der Waals surface area contributed by atoms with Crippen molar-refractivity contribution >= 4 is 67.6 Å². The number of para-hydroxylation sites is 1. The number of oxazole rings is 1. The van der Waals surface area contributed by atoms with Gasteiger partial charge in [-0.15, -0.1) is 0 Å². The van der Waals surface area contributed by atoms with Gasteiger partial charge in [0.2, 0.25) is 5.89 Å². The van der Waals surface area contributed by atoms with E-state index in [9.17, 15) is 0 Å². The van der Waals surface area contributed by atoms with E-state index in [1.165, 1.54) is 0 Å². The average Bonchev–Trinajstić information content (AvgIpc) is 3.62. The highest BCUT2D eigenvalue weighted by Crippen LogP contribution is 2.40. The number of rotatable bonds is 2. The van der Waals surface area contributed by atoms with Crippen molar-refractivity contribution in [2.75, 3.05) is 0 Å². The van der Waals surface area contributed by atoms with Crippen molar-refractivity contribution in [3.8, 4) is 11.5 Å². The lowest BCUT2D eigenvalue weighted by atomic mass is 9.79. The zero-order chi connectivity index (χ0) is 25.8. The second-order valence-corrected chi connectivity index (χ2v) is 11.1. The van der Waals surface area contributed by atoms with Gasteiger partial charge in [-0.25, -0.2) is 4.98 Å². The van der Waals surface area contributed by atoms with Crippen molar-refractivity contribution in [2.24, 2.45) is 0 Å². The summed E-state index contributed by atoms with van der Waals surface area (Å²) in [6.45, 7) is 8.22. The fourth-order valence-corrected chi connectivity index (χ4v) is 5.41. The summed E-state index contributed by atoms with van der Waals surface area (Å²) >= 11 is 0. The third-order valence-corrected chi connectivity index (χ3v) is 8.16. The highest BCUT2D eigenvalue weighted by molar-refractivity contribution is 6.62. The molecule has 8 rings (SSSR count). The van der Waals surface area contributed by atoms with Crippen LogP contribution in [0.3, 0.4) is 0 Å². The van der Waals surface area contributed by atoms with E-state index >= 15 is 0 Å². The summed E-state index contributed by atoms with van der Waals surface area (Å²) in [7, 11) is -0.445. The van der Waals surface area contributed by atoms with E-state index in [0.29, 0.717) is 11.5 Å². The van der Waals surface area contributed by atoms with Crippen molar-refractivity contribution in [3.63, 3.8) is 0 Å². The van der Waals surface area contributed by atoms with Crippen LogP contribution in [0.5, 0.6) is 0 Å². The highest BCUT2D eigenvalue weighted by atomic mass is 16.7. The first-order chi connectivity index (χ1) is 18.3. The van der Waals surface area contributed by atoms with Crippen LogP contribution < -0.4 is 5.46 Å². The Bertz CT molecular complexity index is 2050. The molecule has 38 heavy (non-hydrogen) atoms. The zero-order valence-corrected chi connectivity index (χ0v) is 21.5. The lowest BCUT2D eigenvalue weighted by Gasteiger charge is -2.32. The van der Waals surface area contributed by atoms with E-state index in [1.54, 1.807) is 0 Å². The summed E-state index contributed by atoms with van der Waals surface area (Å²) in [5.74, 6) is 0.553. The minimum atomic E-state index is -0.445. The molecule has 1 saturated heterocycles. The Morgan fingerprint density at radius 3 is 2.18 bits per heavy atom. The second kappa shape index (κ2) is 7.28. The highest BCUT2D eigenvalue weighted by Gasteiger charge is 2.51. The number of nitrogens with zero attached hydrogens (tertiary/aromatic N) is 1. The molecule has 7 heteroatoms. The molecule has 1 aliphatic heterocycles. The summed E-state index contributed by atoms with van der Waals surface area (Å²) in [6.07, 6.45) is 0. The van der Waals surface area contributed by atoms with Gasteiger partial charge in [-0.05, 0) is 63.5 Å². The van der Waals surface area contributed by atoms with E-state index in [0.717, 1.165) is 60.4 Å². The predicted octanol–water partition coefficient (Wildman–Crippen LogP) is 7.59.